The summed E-state index contributed by atoms with van der Waals surface area (Å²) >= 11 is 0. The molecule has 33 heavy (non-hydrogen) atoms. The third kappa shape index (κ3) is 3.72. The Morgan fingerprint density at radius 2 is 1.73 bits per heavy atom. The number of nitrogens with zero attached hydrogens (tertiary/aromatic N) is 2. The van der Waals surface area contributed by atoms with Crippen LogP contribution in [0.25, 0.3) is 6.08 Å². The van der Waals surface area contributed by atoms with Gasteiger partial charge < -0.3 is 0 Å². The first kappa shape index (κ1) is 21.7. The van der Waals surface area contributed by atoms with Crippen LogP contribution >= 0.6 is 0 Å². The van der Waals surface area contributed by atoms with Crippen LogP contribution in [0, 0.1) is 17.3 Å². The molecular formula is C29H32N2O2. The number of allylic oxidation sites excluding steroid dienone is 1. The van der Waals surface area contributed by atoms with Crippen molar-refractivity contribution in [3.63, 3.8) is 0 Å². The van der Waals surface area contributed by atoms with Crippen LogP contribution < -0.4 is 0 Å². The molecule has 1 fully saturated rings. The Kier molecular flexibility index (Phi) is 5.69. The van der Waals surface area contributed by atoms with E-state index in [0.717, 1.165) is 36.9 Å². The molecule has 2 aliphatic heterocycles. The molecular weight excluding hydrogens is 408 g/mol. The molecule has 0 aromatic heterocycles. The number of urea groups is 1. The summed E-state index contributed by atoms with van der Waals surface area (Å²) in [4.78, 5) is 31.0. The smallest absolute Gasteiger partial charge is 0.296 e. The van der Waals surface area contributed by atoms with Crippen LogP contribution in [0.4, 0.5) is 4.79 Å². The van der Waals surface area contributed by atoms with Crippen molar-refractivity contribution in [2.75, 3.05) is 13.1 Å². The van der Waals surface area contributed by atoms with E-state index in [-0.39, 0.29) is 17.9 Å². The van der Waals surface area contributed by atoms with E-state index in [0.29, 0.717) is 19.0 Å². The molecule has 4 heteroatoms. The van der Waals surface area contributed by atoms with Gasteiger partial charge in [-0.05, 0) is 54.2 Å². The van der Waals surface area contributed by atoms with E-state index in [1.165, 1.54) is 16.0 Å². The molecule has 0 unspecified atom stereocenters. The zero-order valence-electron chi connectivity index (χ0n) is 19.5. The molecule has 0 saturated carbocycles. The summed E-state index contributed by atoms with van der Waals surface area (Å²) in [6, 6.07) is 20.4. The number of benzene rings is 2. The molecule has 0 radical (unpaired) electrons. The first-order chi connectivity index (χ1) is 16.0. The largest absolute Gasteiger partial charge is 0.331 e. The van der Waals surface area contributed by atoms with Gasteiger partial charge in [0, 0.05) is 18.8 Å². The van der Waals surface area contributed by atoms with Crippen molar-refractivity contribution < 1.29 is 9.59 Å². The van der Waals surface area contributed by atoms with Gasteiger partial charge in [0.25, 0.3) is 0 Å². The Labute approximate surface area is 196 Å². The van der Waals surface area contributed by atoms with Gasteiger partial charge in [-0.3, -0.25) is 14.6 Å². The van der Waals surface area contributed by atoms with Gasteiger partial charge in [0.15, 0.2) is 0 Å². The monoisotopic (exact) mass is 440 g/mol. The molecule has 2 aromatic carbocycles. The molecule has 5 rings (SSSR count). The molecule has 4 nitrogen and oxygen atoms in total. The van der Waals surface area contributed by atoms with Crippen LogP contribution in [0.3, 0.4) is 0 Å². The fourth-order valence-electron chi connectivity index (χ4n) is 6.06. The van der Waals surface area contributed by atoms with Crippen LogP contribution in [-0.4, -0.2) is 34.8 Å². The van der Waals surface area contributed by atoms with Crippen LogP contribution in [0.1, 0.15) is 44.2 Å². The van der Waals surface area contributed by atoms with Gasteiger partial charge in [0.05, 0.1) is 5.41 Å². The Balaban J connectivity index is 1.45. The third-order valence-electron chi connectivity index (χ3n) is 7.66. The summed E-state index contributed by atoms with van der Waals surface area (Å²) < 4.78 is 0. The summed E-state index contributed by atoms with van der Waals surface area (Å²) in [7, 11) is 0. The lowest BCUT2D eigenvalue weighted by Gasteiger charge is -2.50. The quantitative estimate of drug-likeness (QED) is 0.560. The lowest BCUT2D eigenvalue weighted by atomic mass is 9.70. The summed E-state index contributed by atoms with van der Waals surface area (Å²) in [6.07, 6.45) is 7.61. The summed E-state index contributed by atoms with van der Waals surface area (Å²) in [5.41, 5.74) is 4.18. The number of hydrogen-bond acceptors (Lipinski definition) is 2. The fraction of sp³-hybridized carbons (Fsp3) is 0.379. The number of carbonyl (C=O) groups excluding carboxylic acids is 2. The molecule has 2 aromatic rings. The van der Waals surface area contributed by atoms with Gasteiger partial charge >= 0.3 is 6.03 Å². The van der Waals surface area contributed by atoms with Gasteiger partial charge in [-0.1, -0.05) is 86.7 Å². The average molecular weight is 441 g/mol. The van der Waals surface area contributed by atoms with Gasteiger partial charge in [-0.15, -0.1) is 0 Å². The minimum atomic E-state index is -0.568. The first-order valence-electron chi connectivity index (χ1n) is 12.1. The summed E-state index contributed by atoms with van der Waals surface area (Å²) in [6.45, 7) is 5.27. The molecule has 0 N–H and O–H groups in total. The standard InChI is InChI=1S/C29H32N2O2/c1-21(2)29-16-15-25-19-24(18-23-12-7-4-8-13-23)20-31(26(25)29)28(33)30(27(29)32)17-9-14-22-10-5-3-6-11-22/h3-14,21,24H,15-20H2,1-2H3/b14-9+/t24-,29+/m0/s1. The molecule has 1 aliphatic carbocycles. The number of hydrogen-bond donors (Lipinski definition) is 0. The van der Waals surface area contributed by atoms with Crippen molar-refractivity contribution in [3.05, 3.63) is 89.1 Å². The van der Waals surface area contributed by atoms with E-state index in [9.17, 15) is 9.59 Å². The Morgan fingerprint density at radius 1 is 1.03 bits per heavy atom. The van der Waals surface area contributed by atoms with Crippen molar-refractivity contribution >= 4 is 18.0 Å². The number of imide groups is 1. The molecule has 170 valence electrons. The third-order valence-corrected chi connectivity index (χ3v) is 7.66. The lowest BCUT2D eigenvalue weighted by Crippen LogP contribution is -2.62. The highest BCUT2D eigenvalue weighted by Gasteiger charge is 2.59. The SMILES string of the molecule is CC(C)[C@]12CCC3=C1N(C[C@@H](Cc1ccccc1)C3)C(=O)N(C/C=C/c1ccccc1)C2=O. The average Bonchev–Trinajstić information content (AvgIpc) is 3.22. The zero-order valence-corrected chi connectivity index (χ0v) is 19.5. The maximum absolute atomic E-state index is 13.8. The summed E-state index contributed by atoms with van der Waals surface area (Å²) in [5, 5.41) is 0. The maximum atomic E-state index is 13.8. The van der Waals surface area contributed by atoms with Crippen molar-refractivity contribution in [2.24, 2.45) is 17.3 Å². The second kappa shape index (κ2) is 8.66. The second-order valence-electron chi connectivity index (χ2n) is 9.96. The van der Waals surface area contributed by atoms with Crippen molar-refractivity contribution in [1.82, 2.24) is 9.80 Å². The summed E-state index contributed by atoms with van der Waals surface area (Å²) in [5.74, 6) is 0.523. The Morgan fingerprint density at radius 3 is 2.42 bits per heavy atom. The van der Waals surface area contributed by atoms with Gasteiger partial charge in [0.2, 0.25) is 5.91 Å². The second-order valence-corrected chi connectivity index (χ2v) is 9.96. The minimum Gasteiger partial charge on any atom is -0.296 e. The van der Waals surface area contributed by atoms with Crippen LogP contribution in [0.5, 0.6) is 0 Å². The predicted octanol–water partition coefficient (Wildman–Crippen LogP) is 5.92. The van der Waals surface area contributed by atoms with Crippen LogP contribution in [0.15, 0.2) is 78.0 Å². The molecule has 3 amide bonds. The fourth-order valence-corrected chi connectivity index (χ4v) is 6.06. The highest BCUT2D eigenvalue weighted by Crippen LogP contribution is 2.56. The highest BCUT2D eigenvalue weighted by molar-refractivity contribution is 6.04. The van der Waals surface area contributed by atoms with E-state index < -0.39 is 5.41 Å². The van der Waals surface area contributed by atoms with Crippen LogP contribution in [-0.2, 0) is 11.2 Å². The lowest BCUT2D eigenvalue weighted by molar-refractivity contribution is -0.143. The Hall–Kier alpha value is -3.14. The molecule has 2 heterocycles. The molecule has 2 atom stereocenters. The normalized spacial score (nSPS) is 24.9. The topological polar surface area (TPSA) is 40.6 Å². The number of rotatable bonds is 6. The minimum absolute atomic E-state index is 0.0111. The van der Waals surface area contributed by atoms with Crippen molar-refractivity contribution in [3.8, 4) is 0 Å². The van der Waals surface area contributed by atoms with E-state index in [4.69, 9.17) is 0 Å². The van der Waals surface area contributed by atoms with E-state index in [1.807, 2.05) is 53.5 Å². The van der Waals surface area contributed by atoms with E-state index in [1.54, 1.807) is 0 Å². The van der Waals surface area contributed by atoms with Gasteiger partial charge in [0.1, 0.15) is 0 Å². The van der Waals surface area contributed by atoms with Crippen molar-refractivity contribution in [2.45, 2.75) is 39.5 Å². The highest BCUT2D eigenvalue weighted by atomic mass is 16.2. The zero-order chi connectivity index (χ0) is 23.0. The number of amides is 3. The molecule has 0 spiro atoms. The molecule has 0 bridgehead atoms. The Bertz CT molecular complexity index is 1100. The molecule has 1 saturated heterocycles. The van der Waals surface area contributed by atoms with Crippen molar-refractivity contribution in [1.29, 1.82) is 0 Å². The van der Waals surface area contributed by atoms with Crippen LogP contribution in [0.2, 0.25) is 0 Å². The first-order valence-corrected chi connectivity index (χ1v) is 12.1. The molecule has 3 aliphatic rings. The number of carbonyl (C=O) groups is 2. The predicted molar refractivity (Wildman–Crippen MR) is 131 cm³/mol. The van der Waals surface area contributed by atoms with E-state index in [2.05, 4.69) is 38.1 Å². The van der Waals surface area contributed by atoms with Gasteiger partial charge in [-0.2, -0.15) is 0 Å². The van der Waals surface area contributed by atoms with Gasteiger partial charge in [-0.25, -0.2) is 4.79 Å². The maximum Gasteiger partial charge on any atom is 0.331 e. The van der Waals surface area contributed by atoms with E-state index >= 15 is 0 Å².